The molecule has 6 nitrogen and oxygen atoms in total. The number of aromatic nitrogens is 2. The van der Waals surface area contributed by atoms with E-state index in [2.05, 4.69) is 39.6 Å². The summed E-state index contributed by atoms with van der Waals surface area (Å²) in [4.78, 5) is 5.20. The number of imidazole rings is 1. The van der Waals surface area contributed by atoms with E-state index in [0.29, 0.717) is 37.1 Å². The van der Waals surface area contributed by atoms with Crippen LogP contribution in [0.3, 0.4) is 0 Å². The summed E-state index contributed by atoms with van der Waals surface area (Å²) in [6.07, 6.45) is 2.86. The van der Waals surface area contributed by atoms with Gasteiger partial charge < -0.3 is 9.30 Å². The summed E-state index contributed by atoms with van der Waals surface area (Å²) in [5.41, 5.74) is 2.89. The summed E-state index contributed by atoms with van der Waals surface area (Å²) >= 11 is 5.16. The van der Waals surface area contributed by atoms with Crippen LogP contribution in [-0.2, 0) is 27.1 Å². The van der Waals surface area contributed by atoms with Crippen LogP contribution < -0.4 is 0 Å². The molecule has 9 heteroatoms. The summed E-state index contributed by atoms with van der Waals surface area (Å²) in [5, 5.41) is 0.899. The minimum absolute atomic E-state index is 0.331. The molecule has 0 aliphatic carbocycles. The zero-order valence-electron chi connectivity index (χ0n) is 19.7. The number of ether oxygens (including phenoxy) is 1. The molecular weight excluding hydrogens is 534 g/mol. The molecular formula is C25H32BrN3O3S2. The minimum atomic E-state index is -3.52. The third kappa shape index (κ3) is 6.05. The van der Waals surface area contributed by atoms with Crippen molar-refractivity contribution in [3.8, 4) is 0 Å². The van der Waals surface area contributed by atoms with Gasteiger partial charge in [0.25, 0.3) is 0 Å². The molecule has 1 saturated heterocycles. The first-order chi connectivity index (χ1) is 16.4. The number of fused-ring (bicyclic) bond motifs is 1. The third-order valence-electron chi connectivity index (χ3n) is 6.10. The predicted molar refractivity (Wildman–Crippen MR) is 142 cm³/mol. The van der Waals surface area contributed by atoms with Gasteiger partial charge in [0.15, 0.2) is 5.16 Å². The molecule has 0 bridgehead atoms. The molecule has 0 saturated carbocycles. The average Bonchev–Trinajstić information content (AvgIpc) is 3.18. The number of piperidine rings is 1. The van der Waals surface area contributed by atoms with Gasteiger partial charge in [0.05, 0.1) is 15.9 Å². The Morgan fingerprint density at radius 3 is 2.74 bits per heavy atom. The van der Waals surface area contributed by atoms with Crippen molar-refractivity contribution >= 4 is 48.7 Å². The number of rotatable bonds is 10. The van der Waals surface area contributed by atoms with Crippen LogP contribution in [0, 0.1) is 5.92 Å². The highest BCUT2D eigenvalue weighted by atomic mass is 79.9. The van der Waals surface area contributed by atoms with Gasteiger partial charge in [0, 0.05) is 43.1 Å². The zero-order chi connectivity index (χ0) is 24.1. The fourth-order valence-electron chi connectivity index (χ4n) is 4.29. The first kappa shape index (κ1) is 25.7. The normalized spacial score (nSPS) is 17.4. The molecule has 1 aliphatic rings. The average molecular weight is 567 g/mol. The van der Waals surface area contributed by atoms with Gasteiger partial charge in [-0.1, -0.05) is 46.7 Å². The maximum atomic E-state index is 13.3. The van der Waals surface area contributed by atoms with E-state index in [9.17, 15) is 8.42 Å². The van der Waals surface area contributed by atoms with E-state index in [0.717, 1.165) is 52.2 Å². The highest BCUT2D eigenvalue weighted by molar-refractivity contribution is 9.10. The fourth-order valence-corrected chi connectivity index (χ4v) is 7.17. The Bertz CT molecular complexity index is 1210. The summed E-state index contributed by atoms with van der Waals surface area (Å²) in [6, 6.07) is 13.7. The number of benzene rings is 2. The smallest absolute Gasteiger partial charge is 0.243 e. The lowest BCUT2D eigenvalue weighted by Crippen LogP contribution is -2.39. The zero-order valence-corrected chi connectivity index (χ0v) is 23.0. The highest BCUT2D eigenvalue weighted by Gasteiger charge is 2.29. The number of thioether (sulfide) groups is 1. The van der Waals surface area contributed by atoms with Crippen molar-refractivity contribution < 1.29 is 13.2 Å². The molecule has 2 heterocycles. The molecule has 184 valence electrons. The van der Waals surface area contributed by atoms with E-state index in [-0.39, 0.29) is 0 Å². The van der Waals surface area contributed by atoms with E-state index in [1.807, 2.05) is 25.1 Å². The summed E-state index contributed by atoms with van der Waals surface area (Å²) in [7, 11) is -3.52. The fraction of sp³-hybridized carbons (Fsp3) is 0.480. The molecule has 1 fully saturated rings. The molecule has 1 atom stereocenters. The Hall–Kier alpha value is -1.39. The SMILES string of the molecule is CCOCCCn1c(SCc2ccc(Br)cc2)nc2cc(S(=O)(=O)N3CCCC(C)C3)ccc21. The van der Waals surface area contributed by atoms with Crippen LogP contribution in [0.2, 0.25) is 0 Å². The lowest BCUT2D eigenvalue weighted by molar-refractivity contribution is 0.141. The lowest BCUT2D eigenvalue weighted by Gasteiger charge is -2.30. The number of hydrogen-bond donors (Lipinski definition) is 0. The monoisotopic (exact) mass is 565 g/mol. The molecule has 0 radical (unpaired) electrons. The van der Waals surface area contributed by atoms with Crippen molar-refractivity contribution in [2.45, 2.75) is 55.5 Å². The Balaban J connectivity index is 1.62. The molecule has 34 heavy (non-hydrogen) atoms. The summed E-state index contributed by atoms with van der Waals surface area (Å²) in [5.74, 6) is 1.18. The van der Waals surface area contributed by atoms with Gasteiger partial charge in [0.1, 0.15) is 0 Å². The summed E-state index contributed by atoms with van der Waals surface area (Å²) < 4.78 is 37.0. The number of nitrogens with zero attached hydrogens (tertiary/aromatic N) is 3. The van der Waals surface area contributed by atoms with Crippen molar-refractivity contribution in [1.82, 2.24) is 13.9 Å². The standard InChI is InChI=1S/C25H32BrN3O3S2/c1-3-32-15-5-14-29-24-12-11-22(34(30,31)28-13-4-6-19(2)17-28)16-23(24)27-25(29)33-18-20-7-9-21(26)10-8-20/h7-12,16,19H,3-6,13-15,17-18H2,1-2H3. The number of sulfonamides is 1. The molecule has 3 aromatic rings. The first-order valence-electron chi connectivity index (χ1n) is 11.8. The molecule has 4 rings (SSSR count). The Labute approximate surface area is 215 Å². The van der Waals surface area contributed by atoms with Crippen LogP contribution in [-0.4, -0.2) is 48.6 Å². The molecule has 0 spiro atoms. The first-order valence-corrected chi connectivity index (χ1v) is 15.1. The second kappa shape index (κ2) is 11.6. The minimum Gasteiger partial charge on any atom is -0.382 e. The molecule has 0 amide bonds. The van der Waals surface area contributed by atoms with Crippen molar-refractivity contribution in [3.63, 3.8) is 0 Å². The van der Waals surface area contributed by atoms with Crippen LogP contribution in [0.1, 0.15) is 38.7 Å². The Morgan fingerprint density at radius 2 is 2.00 bits per heavy atom. The maximum absolute atomic E-state index is 13.3. The summed E-state index contributed by atoms with van der Waals surface area (Å²) in [6.45, 7) is 7.44. The topological polar surface area (TPSA) is 64.4 Å². The van der Waals surface area contributed by atoms with Crippen molar-refractivity contribution in [3.05, 3.63) is 52.5 Å². The van der Waals surface area contributed by atoms with E-state index >= 15 is 0 Å². The third-order valence-corrected chi connectivity index (χ3v) is 9.54. The highest BCUT2D eigenvalue weighted by Crippen LogP contribution is 2.30. The molecule has 1 unspecified atom stereocenters. The van der Waals surface area contributed by atoms with Gasteiger partial charge in [-0.15, -0.1) is 0 Å². The Morgan fingerprint density at radius 1 is 1.21 bits per heavy atom. The van der Waals surface area contributed by atoms with Crippen LogP contribution >= 0.6 is 27.7 Å². The van der Waals surface area contributed by atoms with Crippen LogP contribution in [0.4, 0.5) is 0 Å². The van der Waals surface area contributed by atoms with Gasteiger partial charge in [0.2, 0.25) is 10.0 Å². The Kier molecular flexibility index (Phi) is 8.74. The van der Waals surface area contributed by atoms with Crippen LogP contribution in [0.5, 0.6) is 0 Å². The van der Waals surface area contributed by atoms with E-state index in [1.54, 1.807) is 28.2 Å². The van der Waals surface area contributed by atoms with Gasteiger partial charge in [-0.2, -0.15) is 4.31 Å². The van der Waals surface area contributed by atoms with Crippen LogP contribution in [0.15, 0.2) is 57.0 Å². The molecule has 2 aromatic carbocycles. The quantitative estimate of drug-likeness (QED) is 0.225. The largest absolute Gasteiger partial charge is 0.382 e. The van der Waals surface area contributed by atoms with Crippen molar-refractivity contribution in [2.75, 3.05) is 26.3 Å². The van der Waals surface area contributed by atoms with Crippen LogP contribution in [0.25, 0.3) is 11.0 Å². The second-order valence-corrected chi connectivity index (χ2v) is 12.6. The number of aryl methyl sites for hydroxylation is 1. The van der Waals surface area contributed by atoms with E-state index in [1.165, 1.54) is 5.56 Å². The van der Waals surface area contributed by atoms with Gasteiger partial charge in [-0.3, -0.25) is 0 Å². The predicted octanol–water partition coefficient (Wildman–Crippen LogP) is 5.94. The molecule has 1 aliphatic heterocycles. The molecule has 0 N–H and O–H groups in total. The molecule has 1 aromatic heterocycles. The van der Waals surface area contributed by atoms with Gasteiger partial charge >= 0.3 is 0 Å². The number of hydrogen-bond acceptors (Lipinski definition) is 5. The second-order valence-electron chi connectivity index (χ2n) is 8.77. The van der Waals surface area contributed by atoms with E-state index < -0.39 is 10.0 Å². The van der Waals surface area contributed by atoms with Crippen molar-refractivity contribution in [1.29, 1.82) is 0 Å². The van der Waals surface area contributed by atoms with Crippen molar-refractivity contribution in [2.24, 2.45) is 5.92 Å². The van der Waals surface area contributed by atoms with Gasteiger partial charge in [-0.05, 0) is 68.0 Å². The number of halogens is 1. The van der Waals surface area contributed by atoms with Gasteiger partial charge in [-0.25, -0.2) is 13.4 Å². The lowest BCUT2D eigenvalue weighted by atomic mass is 10.0. The maximum Gasteiger partial charge on any atom is 0.243 e. The van der Waals surface area contributed by atoms with E-state index in [4.69, 9.17) is 9.72 Å².